The summed E-state index contributed by atoms with van der Waals surface area (Å²) in [5.74, 6) is 2.05. The van der Waals surface area contributed by atoms with E-state index in [1.54, 1.807) is 5.56 Å². The number of benzene rings is 10. The van der Waals surface area contributed by atoms with Crippen molar-refractivity contribution >= 4 is 0 Å². The van der Waals surface area contributed by atoms with Crippen LogP contribution in [-0.4, -0.2) is 0 Å². The number of fused-ring (bicyclic) bond motifs is 15. The van der Waals surface area contributed by atoms with E-state index in [1.807, 2.05) is 0 Å². The standard InChI is InChI=1S/2C28H34N.3C27H32N/c1-17-12-25(29(8)16-20(17)4)27-19(3)11-18(2)26-23-13-21(15-28(5,6)7)9-10-22(23)14-24(26)27;1-17-13-24(29(8)16-20(17)4)25-18(2)12-19(3)26-23(25)14-21-10-9-11-22(27(21)26)15-28(5,6)7;1-16(2)10-21-8-9-23-22(13-21)14-24-26(23)18(4)11-19(5)27(24)25-12-17(3)20(6)15-28(25)7;1-16(2)10-21-8-9-22-14-24-26(23(22)13-21)18(4)11-19(5)27(24)25-12-17(3)20(6)15-28(25)7;1-16(2)11-21-9-8-10-22-23(21)14-24-26(22)18(4)12-19(5)27(24)25-13-17(3)20(6)15-28(25)7/h2*9-13,16H,14-15H2,1-8H3;2*8-9,11-13,15-16H,10,14H2,1-7H3;8-10,12-13,15-16H,11,14H2,1-7H3/q5*+1. The lowest BCUT2D eigenvalue weighted by Crippen LogP contribution is -2.32. The molecule has 0 radical (unpaired) electrons. The maximum atomic E-state index is 2.46. The summed E-state index contributed by atoms with van der Waals surface area (Å²) >= 11 is 0. The van der Waals surface area contributed by atoms with Crippen LogP contribution in [0.25, 0.3) is 112 Å². The number of nitrogens with zero attached hydrogens (tertiary/aromatic N) is 5. The summed E-state index contributed by atoms with van der Waals surface area (Å²) in [6, 6.07) is 59.1. The van der Waals surface area contributed by atoms with Gasteiger partial charge in [-0.25, -0.2) is 22.8 Å². The Hall–Kier alpha value is -12.1. The van der Waals surface area contributed by atoms with Gasteiger partial charge in [0.05, 0.1) is 27.8 Å². The Balaban J connectivity index is 0.000000128. The van der Waals surface area contributed by atoms with Crippen LogP contribution in [0.2, 0.25) is 0 Å². The molecule has 15 aromatic rings. The molecule has 5 nitrogen and oxygen atoms in total. The number of pyridine rings is 5. The van der Waals surface area contributed by atoms with E-state index < -0.39 is 0 Å². The van der Waals surface area contributed by atoms with Crippen molar-refractivity contribution in [1.82, 2.24) is 0 Å². The number of aryl methyl sites for hydroxylation is 25. The molecule has 0 unspecified atom stereocenters. The maximum Gasteiger partial charge on any atom is 0.213 e. The first-order valence-electron chi connectivity index (χ1n) is 53.0. The van der Waals surface area contributed by atoms with Gasteiger partial charge in [0.2, 0.25) is 28.5 Å². The highest BCUT2D eigenvalue weighted by atomic mass is 14.9. The van der Waals surface area contributed by atoms with E-state index in [2.05, 4.69) is 462 Å². The lowest BCUT2D eigenvalue weighted by Gasteiger charge is -2.21. The first-order chi connectivity index (χ1) is 66.9. The average Bonchev–Trinajstić information content (AvgIpc) is 1.59. The zero-order chi connectivity index (χ0) is 103. The molecule has 0 amide bonds. The van der Waals surface area contributed by atoms with Crippen molar-refractivity contribution in [3.8, 4) is 112 Å². The second kappa shape index (κ2) is 40.3. The molecule has 5 aromatic heterocycles. The lowest BCUT2D eigenvalue weighted by molar-refractivity contribution is -0.660. The second-order valence-electron chi connectivity index (χ2n) is 47.9. The van der Waals surface area contributed by atoms with Crippen molar-refractivity contribution in [1.29, 1.82) is 0 Å². The van der Waals surface area contributed by atoms with E-state index in [0.717, 1.165) is 64.2 Å². The van der Waals surface area contributed by atoms with Gasteiger partial charge in [-0.2, -0.15) is 0 Å². The SMILES string of the molecule is Cc1cc(-c2c(C)cc(C)c3c2Cc2c(CC(C)C)cccc2-3)[n+](C)cc1C.Cc1cc(-c2c(C)cc(C)c3c2Cc2cc(CC(C)C)ccc2-3)[n+](C)cc1C.Cc1cc(-c2c(C)cc(C)c3c2Cc2ccc(CC(C)(C)C)cc2-3)[n+](C)cc1C.Cc1cc(-c2c(C)cc(C)c3c2Cc2ccc(CC(C)C)cc2-3)[n+](C)cc1C.Cc1cc(-c2c(C)cc(C)c3c2Cc2cccc(CC(C)(C)C)c2-3)[n+](C)cc1C. The van der Waals surface area contributed by atoms with Crippen LogP contribution in [0.3, 0.4) is 0 Å². The first-order valence-corrected chi connectivity index (χ1v) is 53.0. The van der Waals surface area contributed by atoms with Crippen LogP contribution in [0.4, 0.5) is 0 Å². The Bertz CT molecular complexity index is 7570. The molecule has 0 saturated carbocycles. The van der Waals surface area contributed by atoms with Crippen LogP contribution >= 0.6 is 0 Å². The van der Waals surface area contributed by atoms with E-state index in [1.165, 1.54) is 301 Å². The number of hydrogen-bond acceptors (Lipinski definition) is 0. The summed E-state index contributed by atoms with van der Waals surface area (Å²) in [7, 11) is 10.9. The fourth-order valence-electron chi connectivity index (χ4n) is 25.0. The third kappa shape index (κ3) is 20.5. The van der Waals surface area contributed by atoms with Crippen LogP contribution in [0, 0.1) is 167 Å². The molecule has 20 rings (SSSR count). The molecule has 0 aliphatic heterocycles. The van der Waals surface area contributed by atoms with Gasteiger partial charge in [0, 0.05) is 58.1 Å². The fraction of sp³-hybridized carbons (Fsp3) is 0.380. The smallest absolute Gasteiger partial charge is 0.201 e. The molecule has 0 saturated heterocycles. The van der Waals surface area contributed by atoms with Gasteiger partial charge in [-0.05, 0) is 454 Å². The summed E-state index contributed by atoms with van der Waals surface area (Å²) in [6.07, 6.45) is 22.2. The van der Waals surface area contributed by atoms with Crippen LogP contribution in [0.1, 0.15) is 278 Å². The molecule has 0 fully saturated rings. The highest BCUT2D eigenvalue weighted by Crippen LogP contribution is 2.53. The predicted octanol–water partition coefficient (Wildman–Crippen LogP) is 31.7. The summed E-state index contributed by atoms with van der Waals surface area (Å²) < 4.78 is 11.5. The molecule has 5 aliphatic carbocycles. The van der Waals surface area contributed by atoms with Crippen molar-refractivity contribution < 1.29 is 22.8 Å². The first kappa shape index (κ1) is 103. The molecule has 5 heteroatoms. The van der Waals surface area contributed by atoms with Gasteiger partial charge in [-0.3, -0.25) is 0 Å². The van der Waals surface area contributed by atoms with Crippen molar-refractivity contribution in [2.24, 2.45) is 63.8 Å². The largest absolute Gasteiger partial charge is 0.213 e. The quantitative estimate of drug-likeness (QED) is 0.103. The highest BCUT2D eigenvalue weighted by Gasteiger charge is 2.37. The fourth-order valence-corrected chi connectivity index (χ4v) is 25.0. The topological polar surface area (TPSA) is 19.4 Å². The van der Waals surface area contributed by atoms with E-state index >= 15 is 0 Å². The summed E-state index contributed by atoms with van der Waals surface area (Å²) in [6.45, 7) is 72.6. The van der Waals surface area contributed by atoms with Crippen molar-refractivity contribution in [2.45, 2.75) is 286 Å². The molecular weight excluding hydrogens is 1720 g/mol. The average molecular weight is 1880 g/mol. The Morgan fingerprint density at radius 2 is 0.500 bits per heavy atom. The van der Waals surface area contributed by atoms with E-state index in [4.69, 9.17) is 0 Å². The predicted molar refractivity (Wildman–Crippen MR) is 603 cm³/mol. The van der Waals surface area contributed by atoms with Crippen LogP contribution < -0.4 is 22.8 Å². The summed E-state index contributed by atoms with van der Waals surface area (Å²) in [4.78, 5) is 0. The van der Waals surface area contributed by atoms with Gasteiger partial charge in [0.1, 0.15) is 35.2 Å². The molecule has 5 heterocycles. The maximum absolute atomic E-state index is 2.46. The number of aromatic nitrogens is 5. The number of hydrogen-bond donors (Lipinski definition) is 0. The molecule has 0 N–H and O–H groups in total. The van der Waals surface area contributed by atoms with Crippen LogP contribution in [0.15, 0.2) is 183 Å². The minimum absolute atomic E-state index is 0.278. The van der Waals surface area contributed by atoms with Gasteiger partial charge < -0.3 is 0 Å². The molecule has 10 aromatic carbocycles. The van der Waals surface area contributed by atoms with Gasteiger partial charge in [0.25, 0.3) is 0 Å². The molecule has 0 atom stereocenters. The van der Waals surface area contributed by atoms with Crippen molar-refractivity contribution in [3.63, 3.8) is 0 Å². The molecule has 0 spiro atoms. The molecule has 142 heavy (non-hydrogen) atoms. The van der Waals surface area contributed by atoms with E-state index in [-0.39, 0.29) is 5.41 Å². The number of rotatable bonds is 13. The van der Waals surface area contributed by atoms with Crippen molar-refractivity contribution in [3.05, 3.63) is 377 Å². The normalized spacial score (nSPS) is 12.6. The third-order valence-corrected chi connectivity index (χ3v) is 31.7. The lowest BCUT2D eigenvalue weighted by atomic mass is 9.83. The Morgan fingerprint density at radius 3 is 0.873 bits per heavy atom. The highest BCUT2D eigenvalue weighted by molar-refractivity contribution is 5.93. The van der Waals surface area contributed by atoms with Gasteiger partial charge >= 0.3 is 0 Å². The monoisotopic (exact) mass is 1880 g/mol. The zero-order valence-electron chi connectivity index (χ0n) is 93.9. The Morgan fingerprint density at radius 1 is 0.211 bits per heavy atom. The molecular formula is C137H164N5+5. The summed E-state index contributed by atoms with van der Waals surface area (Å²) in [5, 5.41) is 0. The van der Waals surface area contributed by atoms with E-state index in [9.17, 15) is 0 Å². The van der Waals surface area contributed by atoms with Gasteiger partial charge in [-0.1, -0.05) is 204 Å². The minimum atomic E-state index is 0.278. The molecule has 732 valence electrons. The third-order valence-electron chi connectivity index (χ3n) is 31.7. The molecule has 5 aliphatic rings. The Labute approximate surface area is 855 Å². The zero-order valence-corrected chi connectivity index (χ0v) is 93.9. The van der Waals surface area contributed by atoms with Crippen LogP contribution in [-0.2, 0) is 99.4 Å². The van der Waals surface area contributed by atoms with Crippen molar-refractivity contribution in [2.75, 3.05) is 0 Å². The van der Waals surface area contributed by atoms with E-state index in [0.29, 0.717) is 23.2 Å². The summed E-state index contributed by atoms with van der Waals surface area (Å²) in [5.41, 5.74) is 78.8. The van der Waals surface area contributed by atoms with Crippen LogP contribution in [0.5, 0.6) is 0 Å². The molecule has 0 bridgehead atoms. The minimum Gasteiger partial charge on any atom is -0.201 e. The van der Waals surface area contributed by atoms with Gasteiger partial charge in [0.15, 0.2) is 31.0 Å². The second-order valence-corrected chi connectivity index (χ2v) is 47.9. The Kier molecular flexibility index (Phi) is 29.2. The van der Waals surface area contributed by atoms with Gasteiger partial charge in [-0.15, -0.1) is 0 Å².